The summed E-state index contributed by atoms with van der Waals surface area (Å²) in [6.07, 6.45) is 10.3. The maximum atomic E-state index is 12.8. The molecule has 2 aromatic heterocycles. The Morgan fingerprint density at radius 2 is 1.85 bits per heavy atom. The number of amides is 1. The van der Waals surface area contributed by atoms with E-state index in [0.717, 1.165) is 23.0 Å². The van der Waals surface area contributed by atoms with E-state index in [4.69, 9.17) is 4.74 Å². The number of aromatic nitrogens is 2. The molecule has 0 aromatic carbocycles. The summed E-state index contributed by atoms with van der Waals surface area (Å²) in [4.78, 5) is 20.2. The fraction of sp³-hybridized carbons (Fsp3) is 0.524. The Morgan fingerprint density at radius 3 is 2.46 bits per heavy atom. The maximum Gasteiger partial charge on any atom is 0.267 e. The van der Waals surface area contributed by atoms with E-state index in [1.165, 1.54) is 32.1 Å². The topological polar surface area (TPSA) is 67.0 Å². The number of methoxy groups -OCH3 is 1. The summed E-state index contributed by atoms with van der Waals surface area (Å²) in [6.45, 7) is 0. The van der Waals surface area contributed by atoms with Crippen LogP contribution in [-0.2, 0) is 0 Å². The second kappa shape index (κ2) is 6.15. The molecule has 4 saturated carbocycles. The zero-order valence-electron chi connectivity index (χ0n) is 15.1. The van der Waals surface area contributed by atoms with Crippen LogP contribution in [0.4, 0.5) is 0 Å². The van der Waals surface area contributed by atoms with E-state index < -0.39 is 0 Å². The number of carbonyl (C=O) groups excluding carboxylic acids is 1. The average molecular weight is 351 g/mol. The van der Waals surface area contributed by atoms with Crippen molar-refractivity contribution in [1.29, 1.82) is 0 Å². The standard InChI is InChI=1S/C21H25N3O2/c1-26-19-3-2-14(10-23-19)17-9-18(22-11-17)21(25)24-20-15-5-12-4-13(7-15)8-16(20)6-12/h2-3,9-13,15-16,20,22H,4-8H2,1H3,(H,24,25). The molecule has 0 radical (unpaired) electrons. The lowest BCUT2D eigenvalue weighted by molar-refractivity contribution is -0.0120. The third kappa shape index (κ3) is 2.70. The number of H-pyrrole nitrogens is 1. The van der Waals surface area contributed by atoms with Crippen LogP contribution in [0.3, 0.4) is 0 Å². The monoisotopic (exact) mass is 351 g/mol. The van der Waals surface area contributed by atoms with E-state index in [1.807, 2.05) is 24.4 Å². The minimum Gasteiger partial charge on any atom is -0.481 e. The third-order valence-corrected chi connectivity index (χ3v) is 6.73. The first kappa shape index (κ1) is 15.9. The molecular formula is C21H25N3O2. The number of ether oxygens (including phenoxy) is 1. The molecule has 1 amide bonds. The van der Waals surface area contributed by atoms with Gasteiger partial charge in [-0.3, -0.25) is 4.79 Å². The minimum atomic E-state index is 0.0233. The Bertz CT molecular complexity index is 783. The zero-order chi connectivity index (χ0) is 17.7. The first-order valence-corrected chi connectivity index (χ1v) is 9.69. The summed E-state index contributed by atoms with van der Waals surface area (Å²) in [7, 11) is 1.60. The van der Waals surface area contributed by atoms with E-state index in [1.54, 1.807) is 13.3 Å². The number of nitrogens with zero attached hydrogens (tertiary/aromatic N) is 1. The van der Waals surface area contributed by atoms with Gasteiger partial charge in [0, 0.05) is 35.6 Å². The molecule has 2 heterocycles. The summed E-state index contributed by atoms with van der Waals surface area (Å²) in [5.41, 5.74) is 2.57. The lowest BCUT2D eigenvalue weighted by Gasteiger charge is -2.54. The van der Waals surface area contributed by atoms with Gasteiger partial charge in [-0.15, -0.1) is 0 Å². The Morgan fingerprint density at radius 1 is 1.12 bits per heavy atom. The van der Waals surface area contributed by atoms with Crippen LogP contribution in [0, 0.1) is 23.7 Å². The summed E-state index contributed by atoms with van der Waals surface area (Å²) in [6, 6.07) is 6.06. The van der Waals surface area contributed by atoms with E-state index in [2.05, 4.69) is 15.3 Å². The molecule has 2 aromatic rings. The molecular weight excluding hydrogens is 326 g/mol. The van der Waals surface area contributed by atoms with Crippen molar-refractivity contribution >= 4 is 5.91 Å². The van der Waals surface area contributed by atoms with Crippen LogP contribution in [0.5, 0.6) is 5.88 Å². The minimum absolute atomic E-state index is 0.0233. The molecule has 136 valence electrons. The lowest BCUT2D eigenvalue weighted by atomic mass is 9.54. The molecule has 4 aliphatic carbocycles. The highest BCUT2D eigenvalue weighted by Gasteiger charge is 2.48. The van der Waals surface area contributed by atoms with Crippen LogP contribution < -0.4 is 10.1 Å². The highest BCUT2D eigenvalue weighted by molar-refractivity contribution is 5.94. The van der Waals surface area contributed by atoms with Crippen molar-refractivity contribution in [2.45, 2.75) is 38.1 Å². The number of nitrogens with one attached hydrogen (secondary N) is 2. The Kier molecular flexibility index (Phi) is 3.76. The Hall–Kier alpha value is -2.30. The van der Waals surface area contributed by atoms with Gasteiger partial charge < -0.3 is 15.0 Å². The van der Waals surface area contributed by atoms with Gasteiger partial charge in [0.25, 0.3) is 5.91 Å². The molecule has 0 saturated heterocycles. The molecule has 2 N–H and O–H groups in total. The number of pyridine rings is 1. The van der Waals surface area contributed by atoms with Crippen molar-refractivity contribution in [3.05, 3.63) is 36.3 Å². The quantitative estimate of drug-likeness (QED) is 0.884. The SMILES string of the molecule is COc1ccc(-c2c[nH]c(C(=O)NC3C4CC5CC(C4)CC3C5)c2)cn1. The lowest BCUT2D eigenvalue weighted by Crippen LogP contribution is -2.55. The number of rotatable bonds is 4. The molecule has 5 nitrogen and oxygen atoms in total. The Balaban J connectivity index is 1.30. The van der Waals surface area contributed by atoms with E-state index in [-0.39, 0.29) is 5.91 Å². The van der Waals surface area contributed by atoms with Gasteiger partial charge in [-0.25, -0.2) is 4.98 Å². The van der Waals surface area contributed by atoms with Crippen LogP contribution >= 0.6 is 0 Å². The molecule has 26 heavy (non-hydrogen) atoms. The predicted octanol–water partition coefficient (Wildman–Crippen LogP) is 3.64. The smallest absolute Gasteiger partial charge is 0.267 e. The molecule has 0 unspecified atom stereocenters. The number of hydrogen-bond acceptors (Lipinski definition) is 3. The van der Waals surface area contributed by atoms with Gasteiger partial charge in [0.2, 0.25) is 5.88 Å². The first-order chi connectivity index (χ1) is 12.7. The fourth-order valence-corrected chi connectivity index (χ4v) is 5.75. The van der Waals surface area contributed by atoms with Crippen molar-refractivity contribution in [1.82, 2.24) is 15.3 Å². The predicted molar refractivity (Wildman–Crippen MR) is 98.9 cm³/mol. The normalized spacial score (nSPS) is 31.8. The third-order valence-electron chi connectivity index (χ3n) is 6.73. The van der Waals surface area contributed by atoms with Crippen LogP contribution in [0.15, 0.2) is 30.6 Å². The van der Waals surface area contributed by atoms with E-state index in [9.17, 15) is 4.79 Å². The first-order valence-electron chi connectivity index (χ1n) is 9.69. The molecule has 4 bridgehead atoms. The van der Waals surface area contributed by atoms with Gasteiger partial charge in [0.15, 0.2) is 0 Å². The largest absolute Gasteiger partial charge is 0.481 e. The molecule has 4 aliphatic rings. The van der Waals surface area contributed by atoms with Crippen molar-refractivity contribution in [2.75, 3.05) is 7.11 Å². The highest BCUT2D eigenvalue weighted by atomic mass is 16.5. The van der Waals surface area contributed by atoms with Gasteiger partial charge in [-0.1, -0.05) is 0 Å². The highest BCUT2D eigenvalue weighted by Crippen LogP contribution is 2.53. The van der Waals surface area contributed by atoms with E-state index in [0.29, 0.717) is 29.5 Å². The molecule has 0 aliphatic heterocycles. The molecule has 5 heteroatoms. The number of aromatic amines is 1. The molecule has 6 rings (SSSR count). The zero-order valence-corrected chi connectivity index (χ0v) is 15.1. The van der Waals surface area contributed by atoms with Crippen LogP contribution in [0.1, 0.15) is 42.6 Å². The Labute approximate surface area is 153 Å². The van der Waals surface area contributed by atoms with E-state index >= 15 is 0 Å². The summed E-state index contributed by atoms with van der Waals surface area (Å²) >= 11 is 0. The van der Waals surface area contributed by atoms with Crippen LogP contribution in [0.2, 0.25) is 0 Å². The van der Waals surface area contributed by atoms with Crippen LogP contribution in [0.25, 0.3) is 11.1 Å². The van der Waals surface area contributed by atoms with Crippen molar-refractivity contribution in [3.63, 3.8) is 0 Å². The summed E-state index contributed by atoms with van der Waals surface area (Å²) < 4.78 is 5.10. The molecule has 0 atom stereocenters. The number of carbonyl (C=O) groups is 1. The van der Waals surface area contributed by atoms with Crippen molar-refractivity contribution in [2.24, 2.45) is 23.7 Å². The van der Waals surface area contributed by atoms with Gasteiger partial charge >= 0.3 is 0 Å². The average Bonchev–Trinajstić information content (AvgIpc) is 3.14. The van der Waals surface area contributed by atoms with Gasteiger partial charge in [0.05, 0.1) is 7.11 Å². The fourth-order valence-electron chi connectivity index (χ4n) is 5.75. The van der Waals surface area contributed by atoms with Gasteiger partial charge in [0.1, 0.15) is 5.69 Å². The van der Waals surface area contributed by atoms with Gasteiger partial charge in [-0.2, -0.15) is 0 Å². The molecule has 0 spiro atoms. The second-order valence-corrected chi connectivity index (χ2v) is 8.32. The van der Waals surface area contributed by atoms with Crippen LogP contribution in [-0.4, -0.2) is 29.0 Å². The van der Waals surface area contributed by atoms with Crippen molar-refractivity contribution in [3.8, 4) is 17.0 Å². The van der Waals surface area contributed by atoms with Gasteiger partial charge in [-0.05, 0) is 67.9 Å². The number of hydrogen-bond donors (Lipinski definition) is 2. The van der Waals surface area contributed by atoms with Crippen molar-refractivity contribution < 1.29 is 9.53 Å². The maximum absolute atomic E-state index is 12.8. The summed E-state index contributed by atoms with van der Waals surface area (Å²) in [5.74, 6) is 3.83. The second-order valence-electron chi connectivity index (χ2n) is 8.32. The molecule has 4 fully saturated rings. The summed E-state index contributed by atoms with van der Waals surface area (Å²) in [5, 5.41) is 3.36.